The van der Waals surface area contributed by atoms with Crippen molar-refractivity contribution in [2.45, 2.75) is 45.3 Å². The van der Waals surface area contributed by atoms with E-state index in [1.54, 1.807) is 0 Å². The molecule has 1 aromatic carbocycles. The molecule has 1 aromatic heterocycles. The van der Waals surface area contributed by atoms with Crippen molar-refractivity contribution in [3.8, 4) is 0 Å². The first kappa shape index (κ1) is 13.3. The van der Waals surface area contributed by atoms with Gasteiger partial charge in [0.1, 0.15) is 11.6 Å². The fraction of sp³-hybridized carbons (Fsp3) is 0.500. The molecule has 3 rings (SSSR count). The van der Waals surface area contributed by atoms with Crippen LogP contribution in [0, 0.1) is 0 Å². The molecule has 1 aliphatic rings. The minimum absolute atomic E-state index is 0.127. The van der Waals surface area contributed by atoms with Crippen molar-refractivity contribution in [2.75, 3.05) is 6.61 Å². The zero-order valence-electron chi connectivity index (χ0n) is 11.8. The number of nitrogens with zero attached hydrogens (tertiary/aromatic N) is 2. The fourth-order valence-corrected chi connectivity index (χ4v) is 2.92. The molecule has 0 amide bonds. The van der Waals surface area contributed by atoms with Gasteiger partial charge in [-0.3, -0.25) is 4.79 Å². The molecule has 0 saturated carbocycles. The molecule has 0 spiro atoms. The number of carbonyl (C=O) groups is 1. The predicted molar refractivity (Wildman–Crippen MR) is 77.7 cm³/mol. The van der Waals surface area contributed by atoms with Crippen LogP contribution < -0.4 is 0 Å². The quantitative estimate of drug-likeness (QED) is 0.840. The average Bonchev–Trinajstić information content (AvgIpc) is 3.05. The molecule has 0 radical (unpaired) electrons. The highest BCUT2D eigenvalue weighted by Crippen LogP contribution is 2.19. The van der Waals surface area contributed by atoms with E-state index in [1.165, 1.54) is 0 Å². The highest BCUT2D eigenvalue weighted by molar-refractivity contribution is 5.83. The maximum Gasteiger partial charge on any atom is 0.142 e. The van der Waals surface area contributed by atoms with Gasteiger partial charge in [-0.25, -0.2) is 4.98 Å². The van der Waals surface area contributed by atoms with Gasteiger partial charge in [-0.15, -0.1) is 0 Å². The molecule has 20 heavy (non-hydrogen) atoms. The molecule has 1 fully saturated rings. The molecule has 1 saturated heterocycles. The highest BCUT2D eigenvalue weighted by Gasteiger charge is 2.20. The normalized spacial score (nSPS) is 18.8. The van der Waals surface area contributed by atoms with Crippen LogP contribution in [-0.2, 0) is 22.5 Å². The Balaban J connectivity index is 1.77. The number of para-hydroxylation sites is 2. The number of imidazole rings is 1. The van der Waals surface area contributed by atoms with Crippen LogP contribution in [0.25, 0.3) is 11.0 Å². The molecule has 0 bridgehead atoms. The van der Waals surface area contributed by atoms with E-state index >= 15 is 0 Å². The lowest BCUT2D eigenvalue weighted by Gasteiger charge is -2.09. The van der Waals surface area contributed by atoms with Crippen molar-refractivity contribution in [1.82, 2.24) is 9.55 Å². The van der Waals surface area contributed by atoms with E-state index < -0.39 is 0 Å². The number of carbonyl (C=O) groups excluding carboxylic acids is 1. The number of aryl methyl sites for hydroxylation is 1. The second-order valence-corrected chi connectivity index (χ2v) is 5.32. The van der Waals surface area contributed by atoms with Gasteiger partial charge < -0.3 is 9.30 Å². The number of benzene rings is 1. The summed E-state index contributed by atoms with van der Waals surface area (Å²) in [5.41, 5.74) is 2.07. The van der Waals surface area contributed by atoms with Crippen LogP contribution in [0.15, 0.2) is 24.3 Å². The molecule has 1 atom stereocenters. The number of fused-ring (bicyclic) bond motifs is 1. The number of hydrogen-bond donors (Lipinski definition) is 0. The smallest absolute Gasteiger partial charge is 0.142 e. The van der Waals surface area contributed by atoms with E-state index in [0.29, 0.717) is 12.8 Å². The highest BCUT2D eigenvalue weighted by atomic mass is 16.5. The number of aromatic nitrogens is 2. The molecular weight excluding hydrogens is 252 g/mol. The van der Waals surface area contributed by atoms with Gasteiger partial charge in [0.15, 0.2) is 0 Å². The Hall–Kier alpha value is -1.68. The molecule has 4 heteroatoms. The van der Waals surface area contributed by atoms with Crippen LogP contribution in [0.1, 0.15) is 32.0 Å². The Morgan fingerprint density at radius 3 is 3.05 bits per heavy atom. The van der Waals surface area contributed by atoms with E-state index in [4.69, 9.17) is 4.74 Å². The number of Topliss-reactive ketones (excluding diaryl/α,β-unsaturated/α-hetero) is 1. The molecule has 1 aliphatic heterocycles. The molecule has 2 aromatic rings. The number of ketones is 1. The Labute approximate surface area is 118 Å². The zero-order chi connectivity index (χ0) is 13.9. The average molecular weight is 272 g/mol. The third kappa shape index (κ3) is 2.61. The molecule has 0 N–H and O–H groups in total. The van der Waals surface area contributed by atoms with E-state index in [0.717, 1.165) is 42.9 Å². The second-order valence-electron chi connectivity index (χ2n) is 5.32. The largest absolute Gasteiger partial charge is 0.378 e. The Bertz CT molecular complexity index is 612. The first-order valence-corrected chi connectivity index (χ1v) is 7.35. The summed E-state index contributed by atoms with van der Waals surface area (Å²) in [5.74, 6) is 1.10. The van der Waals surface area contributed by atoms with Crippen molar-refractivity contribution in [3.05, 3.63) is 30.1 Å². The Kier molecular flexibility index (Phi) is 3.83. The summed E-state index contributed by atoms with van der Waals surface area (Å²) in [6.07, 6.45) is 3.14. The van der Waals surface area contributed by atoms with Gasteiger partial charge in [0.2, 0.25) is 0 Å². The summed E-state index contributed by atoms with van der Waals surface area (Å²) in [6.45, 7) is 3.72. The van der Waals surface area contributed by atoms with E-state index in [2.05, 4.69) is 22.5 Å². The monoisotopic (exact) mass is 272 g/mol. The number of hydrogen-bond acceptors (Lipinski definition) is 3. The third-order valence-electron chi connectivity index (χ3n) is 3.88. The molecule has 1 unspecified atom stereocenters. The van der Waals surface area contributed by atoms with Gasteiger partial charge in [-0.2, -0.15) is 0 Å². The minimum Gasteiger partial charge on any atom is -0.378 e. The van der Waals surface area contributed by atoms with Gasteiger partial charge in [0, 0.05) is 19.6 Å². The summed E-state index contributed by atoms with van der Waals surface area (Å²) < 4.78 is 7.66. The third-order valence-corrected chi connectivity index (χ3v) is 3.88. The number of rotatable bonds is 5. The van der Waals surface area contributed by atoms with E-state index in [9.17, 15) is 4.79 Å². The maximum atomic E-state index is 12.2. The van der Waals surface area contributed by atoms with Crippen molar-refractivity contribution in [2.24, 2.45) is 0 Å². The van der Waals surface area contributed by atoms with Crippen molar-refractivity contribution in [1.29, 1.82) is 0 Å². The molecule has 4 nitrogen and oxygen atoms in total. The fourth-order valence-electron chi connectivity index (χ4n) is 2.92. The van der Waals surface area contributed by atoms with Gasteiger partial charge in [-0.05, 0) is 31.9 Å². The topological polar surface area (TPSA) is 44.1 Å². The lowest BCUT2D eigenvalue weighted by Crippen LogP contribution is -2.16. The van der Waals surface area contributed by atoms with Gasteiger partial charge in [0.05, 0.1) is 23.6 Å². The van der Waals surface area contributed by atoms with Crippen LogP contribution in [0.4, 0.5) is 0 Å². The van der Waals surface area contributed by atoms with Crippen LogP contribution in [0.2, 0.25) is 0 Å². The van der Waals surface area contributed by atoms with Crippen LogP contribution in [0.3, 0.4) is 0 Å². The van der Waals surface area contributed by atoms with Crippen molar-refractivity contribution >= 4 is 16.8 Å². The summed E-state index contributed by atoms with van der Waals surface area (Å²) >= 11 is 0. The SMILES string of the molecule is CCn1c(CC(=O)CC2CCCO2)nc2ccccc21. The van der Waals surface area contributed by atoms with Gasteiger partial charge >= 0.3 is 0 Å². The summed E-state index contributed by atoms with van der Waals surface area (Å²) in [6, 6.07) is 8.04. The maximum absolute atomic E-state index is 12.2. The van der Waals surface area contributed by atoms with Crippen LogP contribution in [-0.4, -0.2) is 28.0 Å². The first-order chi connectivity index (χ1) is 9.78. The van der Waals surface area contributed by atoms with Gasteiger partial charge in [0.25, 0.3) is 0 Å². The number of ether oxygens (including phenoxy) is 1. The predicted octanol–water partition coefficient (Wildman–Crippen LogP) is 2.74. The lowest BCUT2D eigenvalue weighted by molar-refractivity contribution is -0.120. The van der Waals surface area contributed by atoms with Crippen LogP contribution >= 0.6 is 0 Å². The summed E-state index contributed by atoms with van der Waals surface area (Å²) in [4.78, 5) is 16.8. The zero-order valence-corrected chi connectivity index (χ0v) is 11.8. The summed E-state index contributed by atoms with van der Waals surface area (Å²) in [5, 5.41) is 0. The molecule has 0 aliphatic carbocycles. The minimum atomic E-state index is 0.127. The molecule has 2 heterocycles. The van der Waals surface area contributed by atoms with Crippen molar-refractivity contribution < 1.29 is 9.53 Å². The second kappa shape index (κ2) is 5.75. The molecule has 106 valence electrons. The Morgan fingerprint density at radius 2 is 2.30 bits per heavy atom. The van der Waals surface area contributed by atoms with Crippen LogP contribution in [0.5, 0.6) is 0 Å². The summed E-state index contributed by atoms with van der Waals surface area (Å²) in [7, 11) is 0. The van der Waals surface area contributed by atoms with Gasteiger partial charge in [-0.1, -0.05) is 12.1 Å². The molecular formula is C16H20N2O2. The lowest BCUT2D eigenvalue weighted by atomic mass is 10.1. The first-order valence-electron chi connectivity index (χ1n) is 7.35. The van der Waals surface area contributed by atoms with E-state index in [-0.39, 0.29) is 11.9 Å². The standard InChI is InChI=1S/C16H20N2O2/c1-2-18-15-8-4-3-7-14(15)17-16(18)11-12(19)10-13-6-5-9-20-13/h3-4,7-8,13H,2,5-6,9-11H2,1H3. The Morgan fingerprint density at radius 1 is 1.45 bits per heavy atom. The van der Waals surface area contributed by atoms with E-state index in [1.807, 2.05) is 18.2 Å². The van der Waals surface area contributed by atoms with Crippen molar-refractivity contribution in [3.63, 3.8) is 0 Å².